The van der Waals surface area contributed by atoms with Crippen molar-refractivity contribution in [2.75, 3.05) is 0 Å². The Morgan fingerprint density at radius 2 is 0.958 bits per heavy atom. The molecule has 2 aromatic carbocycles. The second kappa shape index (κ2) is 9.55. The van der Waals surface area contributed by atoms with Gasteiger partial charge in [0.05, 0.1) is 11.4 Å². The van der Waals surface area contributed by atoms with Gasteiger partial charge in [-0.1, -0.05) is 66.7 Å². The van der Waals surface area contributed by atoms with E-state index in [1.807, 2.05) is 23.5 Å². The highest BCUT2D eigenvalue weighted by Crippen LogP contribution is 2.19. The number of rotatable bonds is 8. The molecule has 1 heterocycles. The Labute approximate surface area is 152 Å². The van der Waals surface area contributed by atoms with Crippen LogP contribution in [0.3, 0.4) is 0 Å². The molecule has 0 aliphatic heterocycles. The summed E-state index contributed by atoms with van der Waals surface area (Å²) in [6.07, 6.45) is 0. The summed E-state index contributed by atoms with van der Waals surface area (Å²) in [6.45, 7) is 0. The van der Waals surface area contributed by atoms with Crippen LogP contribution in [-0.4, -0.2) is 4.98 Å². The van der Waals surface area contributed by atoms with Gasteiger partial charge in [-0.3, -0.25) is 4.98 Å². The maximum atomic E-state index is 4.79. The minimum absolute atomic E-state index is 0.964. The van der Waals surface area contributed by atoms with Crippen molar-refractivity contribution in [1.82, 2.24) is 4.98 Å². The summed E-state index contributed by atoms with van der Waals surface area (Å²) in [7, 11) is 0. The van der Waals surface area contributed by atoms with Gasteiger partial charge in [0.25, 0.3) is 0 Å². The largest absolute Gasteiger partial charge is 0.256 e. The van der Waals surface area contributed by atoms with Gasteiger partial charge in [-0.15, -0.1) is 0 Å². The van der Waals surface area contributed by atoms with E-state index in [-0.39, 0.29) is 0 Å². The number of hydrogen-bond acceptors (Lipinski definition) is 3. The molecule has 0 unspecified atom stereocenters. The van der Waals surface area contributed by atoms with E-state index in [1.165, 1.54) is 22.5 Å². The van der Waals surface area contributed by atoms with E-state index in [0.29, 0.717) is 0 Å². The highest BCUT2D eigenvalue weighted by atomic mass is 32.2. The minimum Gasteiger partial charge on any atom is -0.256 e. The number of benzene rings is 2. The fourth-order valence-electron chi connectivity index (χ4n) is 2.39. The molecule has 0 N–H and O–H groups in total. The minimum atomic E-state index is 0.964. The quantitative estimate of drug-likeness (QED) is 0.498. The van der Waals surface area contributed by atoms with Crippen LogP contribution in [-0.2, 0) is 23.0 Å². The molecule has 122 valence electrons. The van der Waals surface area contributed by atoms with Gasteiger partial charge in [-0.05, 0) is 23.3 Å². The fourth-order valence-corrected chi connectivity index (χ4v) is 4.19. The lowest BCUT2D eigenvalue weighted by molar-refractivity contribution is 1.09. The van der Waals surface area contributed by atoms with E-state index in [2.05, 4.69) is 78.9 Å². The van der Waals surface area contributed by atoms with Crippen molar-refractivity contribution in [1.29, 1.82) is 0 Å². The maximum absolute atomic E-state index is 4.79. The van der Waals surface area contributed by atoms with Gasteiger partial charge in [0.2, 0.25) is 0 Å². The predicted octanol–water partition coefficient (Wildman–Crippen LogP) is 5.95. The smallest absolute Gasteiger partial charge is 0.0506 e. The van der Waals surface area contributed by atoms with Crippen molar-refractivity contribution in [2.24, 2.45) is 0 Å². The van der Waals surface area contributed by atoms with Gasteiger partial charge in [0.1, 0.15) is 0 Å². The Bertz CT molecular complexity index is 668. The van der Waals surface area contributed by atoms with Crippen LogP contribution in [0.5, 0.6) is 0 Å². The summed E-state index contributed by atoms with van der Waals surface area (Å²) in [5, 5.41) is 0. The van der Waals surface area contributed by atoms with Crippen molar-refractivity contribution in [3.05, 3.63) is 101 Å². The number of pyridine rings is 1. The van der Waals surface area contributed by atoms with E-state index >= 15 is 0 Å². The average molecular weight is 352 g/mol. The molecule has 3 aromatic rings. The summed E-state index contributed by atoms with van der Waals surface area (Å²) < 4.78 is 0. The zero-order chi connectivity index (χ0) is 16.5. The predicted molar refractivity (Wildman–Crippen MR) is 107 cm³/mol. The first kappa shape index (κ1) is 17.1. The van der Waals surface area contributed by atoms with E-state index < -0.39 is 0 Å². The molecule has 3 heteroatoms. The molecule has 0 aliphatic carbocycles. The van der Waals surface area contributed by atoms with Crippen LogP contribution in [0.1, 0.15) is 22.5 Å². The highest BCUT2D eigenvalue weighted by molar-refractivity contribution is 7.98. The third-order valence-corrected chi connectivity index (χ3v) is 5.66. The molecule has 0 saturated heterocycles. The standard InChI is InChI=1S/C21H21NS2/c1-3-8-18(9-4-1)14-23-16-20-12-7-13-21(22-20)17-24-15-19-10-5-2-6-11-19/h1-13H,14-17H2. The first-order valence-corrected chi connectivity index (χ1v) is 10.4. The molecule has 0 spiro atoms. The lowest BCUT2D eigenvalue weighted by atomic mass is 10.2. The molecule has 0 fully saturated rings. The molecular formula is C21H21NS2. The van der Waals surface area contributed by atoms with Crippen molar-refractivity contribution in [3.63, 3.8) is 0 Å². The van der Waals surface area contributed by atoms with Crippen LogP contribution < -0.4 is 0 Å². The molecule has 3 rings (SSSR count). The number of nitrogens with zero attached hydrogens (tertiary/aromatic N) is 1. The van der Waals surface area contributed by atoms with Crippen molar-refractivity contribution >= 4 is 23.5 Å². The second-order valence-electron chi connectivity index (χ2n) is 5.58. The molecule has 1 aromatic heterocycles. The van der Waals surface area contributed by atoms with Crippen LogP contribution >= 0.6 is 23.5 Å². The number of hydrogen-bond donors (Lipinski definition) is 0. The second-order valence-corrected chi connectivity index (χ2v) is 7.55. The third-order valence-electron chi connectivity index (χ3n) is 3.59. The normalized spacial score (nSPS) is 10.7. The van der Waals surface area contributed by atoms with Crippen LogP contribution in [0.2, 0.25) is 0 Å². The molecule has 0 atom stereocenters. The zero-order valence-electron chi connectivity index (χ0n) is 13.6. The van der Waals surface area contributed by atoms with Crippen LogP contribution in [0.25, 0.3) is 0 Å². The summed E-state index contributed by atoms with van der Waals surface area (Å²) >= 11 is 3.84. The molecule has 0 bridgehead atoms. The Hall–Kier alpha value is -1.71. The van der Waals surface area contributed by atoms with E-state index in [9.17, 15) is 0 Å². The first-order valence-electron chi connectivity index (χ1n) is 8.08. The Morgan fingerprint density at radius 3 is 1.42 bits per heavy atom. The zero-order valence-corrected chi connectivity index (χ0v) is 15.2. The summed E-state index contributed by atoms with van der Waals surface area (Å²) in [4.78, 5) is 4.79. The molecule has 24 heavy (non-hydrogen) atoms. The summed E-state index contributed by atoms with van der Waals surface area (Å²) in [5.41, 5.74) is 5.09. The SMILES string of the molecule is c1ccc(CSCc2cccc(CSCc3ccccc3)n2)cc1. The van der Waals surface area contributed by atoms with Crippen LogP contribution in [0.15, 0.2) is 78.9 Å². The Balaban J connectivity index is 1.45. The van der Waals surface area contributed by atoms with Gasteiger partial charge < -0.3 is 0 Å². The van der Waals surface area contributed by atoms with E-state index in [0.717, 1.165) is 23.0 Å². The van der Waals surface area contributed by atoms with Gasteiger partial charge in [-0.2, -0.15) is 23.5 Å². The topological polar surface area (TPSA) is 12.9 Å². The number of aromatic nitrogens is 1. The van der Waals surface area contributed by atoms with E-state index in [4.69, 9.17) is 4.98 Å². The third kappa shape index (κ3) is 5.73. The lowest BCUT2D eigenvalue weighted by Crippen LogP contribution is -1.93. The van der Waals surface area contributed by atoms with Gasteiger partial charge in [0, 0.05) is 23.0 Å². The van der Waals surface area contributed by atoms with Crippen LogP contribution in [0, 0.1) is 0 Å². The van der Waals surface area contributed by atoms with Crippen LogP contribution in [0.4, 0.5) is 0 Å². The molecule has 0 saturated carbocycles. The molecule has 1 nitrogen and oxygen atoms in total. The molecule has 0 radical (unpaired) electrons. The molecule has 0 amide bonds. The Kier molecular flexibility index (Phi) is 6.82. The summed E-state index contributed by atoms with van der Waals surface area (Å²) in [6, 6.07) is 27.6. The average Bonchev–Trinajstić information content (AvgIpc) is 2.64. The summed E-state index contributed by atoms with van der Waals surface area (Å²) in [5.74, 6) is 4.00. The monoisotopic (exact) mass is 351 g/mol. The van der Waals surface area contributed by atoms with Crippen molar-refractivity contribution in [3.8, 4) is 0 Å². The number of thioether (sulfide) groups is 2. The van der Waals surface area contributed by atoms with Gasteiger partial charge in [0.15, 0.2) is 0 Å². The maximum Gasteiger partial charge on any atom is 0.0506 e. The molecule has 0 aliphatic rings. The Morgan fingerprint density at radius 1 is 0.500 bits per heavy atom. The van der Waals surface area contributed by atoms with Gasteiger partial charge in [-0.25, -0.2) is 0 Å². The van der Waals surface area contributed by atoms with Crippen molar-refractivity contribution < 1.29 is 0 Å². The van der Waals surface area contributed by atoms with E-state index in [1.54, 1.807) is 0 Å². The highest BCUT2D eigenvalue weighted by Gasteiger charge is 2.01. The lowest BCUT2D eigenvalue weighted by Gasteiger charge is -2.05. The first-order chi connectivity index (χ1) is 11.9. The molecular weight excluding hydrogens is 330 g/mol. The van der Waals surface area contributed by atoms with Gasteiger partial charge >= 0.3 is 0 Å². The van der Waals surface area contributed by atoms with Crippen molar-refractivity contribution in [2.45, 2.75) is 23.0 Å². The fraction of sp³-hybridized carbons (Fsp3) is 0.190.